The van der Waals surface area contributed by atoms with E-state index < -0.39 is 46.7 Å². The Morgan fingerprint density at radius 3 is 2.15 bits per heavy atom. The van der Waals surface area contributed by atoms with E-state index in [1.807, 2.05) is 24.3 Å². The van der Waals surface area contributed by atoms with E-state index in [1.165, 1.54) is 6.07 Å². The highest BCUT2D eigenvalue weighted by Crippen LogP contribution is 2.37. The van der Waals surface area contributed by atoms with E-state index in [2.05, 4.69) is 20.8 Å². The number of nitrogens with two attached hydrogens (primary N) is 1. The maximum atomic E-state index is 12.9. The van der Waals surface area contributed by atoms with Crippen molar-refractivity contribution < 1.29 is 34.8 Å². The third kappa shape index (κ3) is 6.43. The minimum atomic E-state index is -2.41. The summed E-state index contributed by atoms with van der Waals surface area (Å²) in [6.07, 6.45) is 0.00983. The molecule has 1 aliphatic rings. The molecule has 1 aliphatic carbocycles. The summed E-state index contributed by atoms with van der Waals surface area (Å²) < 4.78 is 0. The van der Waals surface area contributed by atoms with Gasteiger partial charge in [0.25, 0.3) is 5.91 Å². The number of hydrogen-bond donors (Lipinski definition) is 5. The number of primary amides is 1. The Morgan fingerprint density at radius 2 is 1.60 bits per heavy atom. The standard InChI is InChI=1S/C31H38N2O7/c1-31(2,3)18-12-10-17(11-13-18)19-14-15-22(34)25-20(19)8-6-7-9-21(33(4)5)27(37)26(30(32)40)29(39)28(38)24(36)16-23(25)35/h10-16,21,28,34-35,37-38H,6-9H2,1-5H3,(H2,32,40)/t21-,28-/m0/s1. The number of aliphatic hydroxyl groups is 3. The lowest BCUT2D eigenvalue weighted by Gasteiger charge is -2.26. The van der Waals surface area contributed by atoms with Gasteiger partial charge in [0.05, 0.1) is 11.6 Å². The fourth-order valence-electron chi connectivity index (χ4n) is 4.97. The molecule has 0 saturated carbocycles. The smallest absolute Gasteiger partial charge is 0.255 e. The van der Waals surface area contributed by atoms with Crippen LogP contribution in [0.4, 0.5) is 0 Å². The largest absolute Gasteiger partial charge is 0.510 e. The summed E-state index contributed by atoms with van der Waals surface area (Å²) in [6, 6.07) is 10.3. The molecule has 9 heteroatoms. The number of fused-ring (bicyclic) bond motifs is 1. The fraction of sp³-hybridized carbons (Fsp3) is 0.387. The third-order valence-corrected chi connectivity index (χ3v) is 7.25. The summed E-state index contributed by atoms with van der Waals surface area (Å²) in [5.74, 6) is -5.45. The number of aliphatic hydroxyl groups excluding tert-OH is 3. The molecule has 0 unspecified atom stereocenters. The number of rotatable bonds is 3. The average molecular weight is 551 g/mol. The minimum absolute atomic E-state index is 0.0140. The van der Waals surface area contributed by atoms with Crippen LogP contribution in [0.5, 0.6) is 5.75 Å². The number of likely N-dealkylation sites (N-methyl/N-ethyl adjacent to an activating group) is 1. The summed E-state index contributed by atoms with van der Waals surface area (Å²) in [5, 5.41) is 43.1. The Labute approximate surface area is 234 Å². The van der Waals surface area contributed by atoms with Gasteiger partial charge in [0.15, 0.2) is 11.9 Å². The van der Waals surface area contributed by atoms with Gasteiger partial charge in [-0.2, -0.15) is 0 Å². The van der Waals surface area contributed by atoms with Crippen molar-refractivity contribution in [1.29, 1.82) is 0 Å². The van der Waals surface area contributed by atoms with Crippen LogP contribution < -0.4 is 5.73 Å². The third-order valence-electron chi connectivity index (χ3n) is 7.25. The number of Topliss-reactive ketones (excluding diaryl/α,β-unsaturated/α-hetero) is 1. The van der Waals surface area contributed by atoms with Gasteiger partial charge in [0.2, 0.25) is 5.78 Å². The topological polar surface area (TPSA) is 161 Å². The van der Waals surface area contributed by atoms with Gasteiger partial charge in [0, 0.05) is 6.08 Å². The van der Waals surface area contributed by atoms with Crippen molar-refractivity contribution in [3.8, 4) is 16.9 Å². The van der Waals surface area contributed by atoms with Gasteiger partial charge in [-0.1, -0.05) is 57.5 Å². The predicted molar refractivity (Wildman–Crippen MR) is 153 cm³/mol. The molecule has 2 aromatic carbocycles. The number of aromatic hydroxyl groups is 1. The maximum Gasteiger partial charge on any atom is 0.255 e. The van der Waals surface area contributed by atoms with Gasteiger partial charge in [0.1, 0.15) is 22.8 Å². The van der Waals surface area contributed by atoms with Crippen LogP contribution in [0.3, 0.4) is 0 Å². The number of nitrogens with zero attached hydrogens (tertiary/aromatic N) is 1. The number of benzene rings is 2. The van der Waals surface area contributed by atoms with Gasteiger partial charge in [-0.15, -0.1) is 0 Å². The van der Waals surface area contributed by atoms with E-state index in [-0.39, 0.29) is 16.7 Å². The molecular weight excluding hydrogens is 512 g/mol. The van der Waals surface area contributed by atoms with Crippen LogP contribution in [0, 0.1) is 0 Å². The van der Waals surface area contributed by atoms with E-state index in [1.54, 1.807) is 25.1 Å². The molecule has 0 radical (unpaired) electrons. The lowest BCUT2D eigenvalue weighted by atomic mass is 9.84. The molecule has 6 N–H and O–H groups in total. The van der Waals surface area contributed by atoms with Crippen LogP contribution in [0.2, 0.25) is 0 Å². The number of phenolic OH excluding ortho intramolecular Hbond substituents is 1. The molecule has 0 aliphatic heterocycles. The number of amides is 1. The fourth-order valence-corrected chi connectivity index (χ4v) is 4.97. The van der Waals surface area contributed by atoms with Crippen LogP contribution in [0.1, 0.15) is 56.7 Å². The van der Waals surface area contributed by atoms with E-state index in [0.29, 0.717) is 37.3 Å². The van der Waals surface area contributed by atoms with Crippen molar-refractivity contribution in [2.75, 3.05) is 14.1 Å². The minimum Gasteiger partial charge on any atom is -0.510 e. The number of carbonyl (C=O) groups is 3. The molecule has 0 saturated heterocycles. The van der Waals surface area contributed by atoms with Crippen LogP contribution in [0.25, 0.3) is 16.9 Å². The van der Waals surface area contributed by atoms with Crippen LogP contribution in [0.15, 0.2) is 53.8 Å². The van der Waals surface area contributed by atoms with Crippen LogP contribution in [-0.4, -0.2) is 69.0 Å². The Kier molecular flexibility index (Phi) is 9.22. The Morgan fingerprint density at radius 1 is 0.975 bits per heavy atom. The van der Waals surface area contributed by atoms with Crippen molar-refractivity contribution in [3.05, 3.63) is 70.5 Å². The SMILES string of the molecule is CN(C)[C@H]1CCCCc2c(-c3ccc(C(C)(C)C)cc3)ccc(O)c2C(O)=CC(=O)[C@H](O)C(=O)C(C(N)=O)=C1O. The van der Waals surface area contributed by atoms with E-state index >= 15 is 0 Å². The molecule has 0 heterocycles. The second kappa shape index (κ2) is 12.1. The van der Waals surface area contributed by atoms with Crippen molar-refractivity contribution >= 4 is 23.2 Å². The van der Waals surface area contributed by atoms with Crippen molar-refractivity contribution in [2.45, 2.75) is 64.0 Å². The summed E-state index contributed by atoms with van der Waals surface area (Å²) in [5.41, 5.74) is 7.76. The first-order chi connectivity index (χ1) is 18.6. The molecule has 40 heavy (non-hydrogen) atoms. The first-order valence-electron chi connectivity index (χ1n) is 13.2. The number of phenols is 1. The zero-order valence-electron chi connectivity index (χ0n) is 23.6. The highest BCUT2D eigenvalue weighted by molar-refractivity contribution is 6.27. The molecule has 3 rings (SSSR count). The molecule has 0 aromatic heterocycles. The van der Waals surface area contributed by atoms with Crippen molar-refractivity contribution in [2.24, 2.45) is 5.73 Å². The maximum absolute atomic E-state index is 12.9. The van der Waals surface area contributed by atoms with E-state index in [4.69, 9.17) is 5.73 Å². The Hall–Kier alpha value is -3.95. The summed E-state index contributed by atoms with van der Waals surface area (Å²) in [7, 11) is 3.31. The molecule has 2 atom stereocenters. The predicted octanol–water partition coefficient (Wildman–Crippen LogP) is 3.71. The summed E-state index contributed by atoms with van der Waals surface area (Å²) in [6.45, 7) is 6.33. The lowest BCUT2D eigenvalue weighted by molar-refractivity contribution is -0.134. The van der Waals surface area contributed by atoms with E-state index in [9.17, 15) is 34.8 Å². The second-order valence-corrected chi connectivity index (χ2v) is 11.4. The van der Waals surface area contributed by atoms with Gasteiger partial charge >= 0.3 is 0 Å². The molecule has 9 nitrogen and oxygen atoms in total. The lowest BCUT2D eigenvalue weighted by Crippen LogP contribution is -2.39. The highest BCUT2D eigenvalue weighted by atomic mass is 16.3. The van der Waals surface area contributed by atoms with Crippen LogP contribution >= 0.6 is 0 Å². The Balaban J connectivity index is 2.20. The monoisotopic (exact) mass is 550 g/mol. The number of ketones is 2. The van der Waals surface area contributed by atoms with Gasteiger partial charge in [-0.3, -0.25) is 19.3 Å². The zero-order valence-corrected chi connectivity index (χ0v) is 23.6. The van der Waals surface area contributed by atoms with Gasteiger partial charge < -0.3 is 26.2 Å². The molecule has 1 amide bonds. The van der Waals surface area contributed by atoms with E-state index in [0.717, 1.165) is 16.7 Å². The van der Waals surface area contributed by atoms with Crippen molar-refractivity contribution in [3.63, 3.8) is 0 Å². The zero-order chi connectivity index (χ0) is 29.9. The molecular formula is C31H38N2O7. The quantitative estimate of drug-likeness (QED) is 0.285. The van der Waals surface area contributed by atoms with Crippen molar-refractivity contribution in [1.82, 2.24) is 4.90 Å². The number of hydrogen-bond acceptors (Lipinski definition) is 8. The normalized spacial score (nSPS) is 19.7. The average Bonchev–Trinajstić information content (AvgIpc) is 2.86. The Bertz CT molecular complexity index is 1370. The molecule has 2 aromatic rings. The van der Waals surface area contributed by atoms with Gasteiger partial charge in [-0.25, -0.2) is 0 Å². The van der Waals surface area contributed by atoms with Gasteiger partial charge in [-0.05, 0) is 67.1 Å². The highest BCUT2D eigenvalue weighted by Gasteiger charge is 2.34. The summed E-state index contributed by atoms with van der Waals surface area (Å²) >= 11 is 0. The number of carbonyl (C=O) groups excluding carboxylic acids is 3. The first-order valence-corrected chi connectivity index (χ1v) is 13.2. The molecule has 214 valence electrons. The van der Waals surface area contributed by atoms with Crippen LogP contribution in [-0.2, 0) is 26.2 Å². The molecule has 0 fully saturated rings. The summed E-state index contributed by atoms with van der Waals surface area (Å²) in [4.78, 5) is 39.5. The molecule has 0 bridgehead atoms. The first kappa shape index (κ1) is 30.6. The second-order valence-electron chi connectivity index (χ2n) is 11.4. The molecule has 0 spiro atoms.